The number of nitrogens with two attached hydrogens (primary N) is 1. The molecular formula is C22H25FN9O2+. The third-order valence-electron chi connectivity index (χ3n) is 6.47. The molecule has 0 unspecified atom stereocenters. The molecule has 2 amide bonds. The van der Waals surface area contributed by atoms with Crippen LogP contribution in [0.3, 0.4) is 0 Å². The molecule has 2 aromatic rings. The summed E-state index contributed by atoms with van der Waals surface area (Å²) in [6, 6.07) is 4.95. The number of halogens is 1. The molecule has 0 bridgehead atoms. The van der Waals surface area contributed by atoms with E-state index in [-0.39, 0.29) is 23.5 Å². The Morgan fingerprint density at radius 2 is 1.94 bits per heavy atom. The molecular weight excluding hydrogens is 441 g/mol. The van der Waals surface area contributed by atoms with Gasteiger partial charge in [0.05, 0.1) is 22.0 Å². The van der Waals surface area contributed by atoms with Gasteiger partial charge in [-0.25, -0.2) is 14.4 Å². The predicted octanol–water partition coefficient (Wildman–Crippen LogP) is 0.517. The second kappa shape index (κ2) is 9.21. The normalized spacial score (nSPS) is 19.0. The fourth-order valence-corrected chi connectivity index (χ4v) is 4.32. The van der Waals surface area contributed by atoms with E-state index in [4.69, 9.17) is 0 Å². The van der Waals surface area contributed by atoms with Crippen molar-refractivity contribution in [1.82, 2.24) is 20.6 Å². The molecule has 5 rings (SSSR count). The van der Waals surface area contributed by atoms with Gasteiger partial charge in [0.15, 0.2) is 0 Å². The van der Waals surface area contributed by atoms with E-state index in [0.717, 1.165) is 31.6 Å². The summed E-state index contributed by atoms with van der Waals surface area (Å²) in [5.41, 5.74) is 1.90. The molecule has 1 saturated carbocycles. The van der Waals surface area contributed by atoms with Crippen LogP contribution in [0.2, 0.25) is 0 Å². The molecule has 0 spiro atoms. The number of carbonyl (C=O) groups is 2. The maximum Gasteiger partial charge on any atom is 0.255 e. The summed E-state index contributed by atoms with van der Waals surface area (Å²) in [6.07, 6.45) is 7.11. The average Bonchev–Trinajstić information content (AvgIpc) is 3.45. The van der Waals surface area contributed by atoms with E-state index in [9.17, 15) is 14.0 Å². The van der Waals surface area contributed by atoms with Crippen molar-refractivity contribution < 1.29 is 19.5 Å². The Hall–Kier alpha value is -3.80. The van der Waals surface area contributed by atoms with Crippen LogP contribution in [0.5, 0.6) is 0 Å². The van der Waals surface area contributed by atoms with Gasteiger partial charge in [-0.05, 0) is 48.8 Å². The van der Waals surface area contributed by atoms with Gasteiger partial charge < -0.3 is 15.5 Å². The first-order chi connectivity index (χ1) is 16.6. The molecule has 34 heavy (non-hydrogen) atoms. The van der Waals surface area contributed by atoms with Gasteiger partial charge in [-0.3, -0.25) is 9.59 Å². The number of nitrogens with one attached hydrogen (secondary N) is 2. The van der Waals surface area contributed by atoms with Crippen LogP contribution in [-0.2, 0) is 4.79 Å². The van der Waals surface area contributed by atoms with Crippen molar-refractivity contribution in [2.24, 2.45) is 21.4 Å². The number of amides is 2. The van der Waals surface area contributed by atoms with E-state index < -0.39 is 5.54 Å². The van der Waals surface area contributed by atoms with E-state index in [1.54, 1.807) is 6.07 Å². The Morgan fingerprint density at radius 1 is 1.18 bits per heavy atom. The smallest absolute Gasteiger partial charge is 0.255 e. The lowest BCUT2D eigenvalue weighted by Crippen LogP contribution is -2.69. The second-order valence-electron chi connectivity index (χ2n) is 8.72. The van der Waals surface area contributed by atoms with Crippen LogP contribution in [0.4, 0.5) is 10.1 Å². The number of quaternary nitrogens is 1. The van der Waals surface area contributed by atoms with Crippen LogP contribution in [-0.4, -0.2) is 52.8 Å². The summed E-state index contributed by atoms with van der Waals surface area (Å²) in [6.45, 7) is 1.98. The highest BCUT2D eigenvalue weighted by Gasteiger charge is 2.51. The van der Waals surface area contributed by atoms with Crippen LogP contribution in [0.1, 0.15) is 41.6 Å². The predicted molar refractivity (Wildman–Crippen MR) is 119 cm³/mol. The lowest BCUT2D eigenvalue weighted by molar-refractivity contribution is -0.668. The first-order valence-corrected chi connectivity index (χ1v) is 11.3. The number of hydrogen-bond donors (Lipinski definition) is 3. The van der Waals surface area contributed by atoms with E-state index >= 15 is 0 Å². The second-order valence-corrected chi connectivity index (χ2v) is 8.72. The van der Waals surface area contributed by atoms with Crippen molar-refractivity contribution in [3.63, 3.8) is 0 Å². The summed E-state index contributed by atoms with van der Waals surface area (Å²) in [5.74, 6) is -0.312. The van der Waals surface area contributed by atoms with Gasteiger partial charge in [0.2, 0.25) is 11.7 Å². The van der Waals surface area contributed by atoms with Gasteiger partial charge >= 0.3 is 0 Å². The molecule has 0 atom stereocenters. The highest BCUT2D eigenvalue weighted by atomic mass is 19.1. The van der Waals surface area contributed by atoms with Crippen LogP contribution >= 0.6 is 0 Å². The monoisotopic (exact) mass is 466 g/mol. The highest BCUT2D eigenvalue weighted by molar-refractivity contribution is 6.04. The Balaban J connectivity index is 1.14. The Bertz CT molecular complexity index is 1140. The number of piperidine rings is 1. The summed E-state index contributed by atoms with van der Waals surface area (Å²) >= 11 is 0. The standard InChI is InChI=1S/C22H24FN9O2/c23-16-2-1-3-17(18(16)19-28-30-31-29-19)32-8-4-14(5-9-32)10-26-21(34)22(6-7-22)27-20(33)15-11-24-13-25-12-15/h1-3,11-14H,4-10H2,(H,26,34)(H,27,33)(H,28,29,30,31)/p+1. The zero-order valence-electron chi connectivity index (χ0n) is 18.4. The van der Waals surface area contributed by atoms with Crippen molar-refractivity contribution in [2.75, 3.05) is 24.5 Å². The minimum absolute atomic E-state index is 0.159. The molecule has 11 nitrogen and oxygen atoms in total. The van der Waals surface area contributed by atoms with Gasteiger partial charge in [0.25, 0.3) is 5.91 Å². The Morgan fingerprint density at radius 3 is 2.62 bits per heavy atom. The maximum absolute atomic E-state index is 14.6. The highest BCUT2D eigenvalue weighted by Crippen LogP contribution is 2.36. The summed E-state index contributed by atoms with van der Waals surface area (Å²) in [4.78, 5) is 35.0. The lowest BCUT2D eigenvalue weighted by Gasteiger charge is -2.34. The molecule has 1 aromatic carbocycles. The SMILES string of the molecule is O=C(NC1(C(=O)NCC2CCN(c3cccc(F)c3C3=N[NH2+]N=N3)CC2)CC1)c1cncnc1. The Kier molecular flexibility index (Phi) is 5.97. The van der Waals surface area contributed by atoms with E-state index in [1.807, 2.05) is 6.07 Å². The molecule has 2 fully saturated rings. The minimum Gasteiger partial charge on any atom is -0.371 e. The number of benzene rings is 1. The topological polar surface area (TPSA) is 141 Å². The lowest BCUT2D eigenvalue weighted by atomic mass is 9.95. The Labute approximate surface area is 194 Å². The number of rotatable bonds is 7. The number of carbonyl (C=O) groups excluding carboxylic acids is 2. The molecule has 12 heteroatoms. The summed E-state index contributed by atoms with van der Waals surface area (Å²) < 4.78 is 14.6. The van der Waals surface area contributed by atoms with E-state index in [1.165, 1.54) is 30.3 Å². The van der Waals surface area contributed by atoms with Crippen molar-refractivity contribution in [3.8, 4) is 0 Å². The van der Waals surface area contributed by atoms with Crippen LogP contribution in [0.25, 0.3) is 0 Å². The molecule has 1 aromatic heterocycles. The van der Waals surface area contributed by atoms with Crippen molar-refractivity contribution in [1.29, 1.82) is 0 Å². The number of anilines is 1. The molecule has 3 aliphatic rings. The zero-order valence-corrected chi connectivity index (χ0v) is 18.4. The zero-order chi connectivity index (χ0) is 23.5. The van der Waals surface area contributed by atoms with Crippen molar-refractivity contribution in [3.05, 3.63) is 53.9 Å². The molecule has 3 heterocycles. The molecule has 4 N–H and O–H groups in total. The fourth-order valence-electron chi connectivity index (χ4n) is 4.32. The maximum atomic E-state index is 14.6. The van der Waals surface area contributed by atoms with Gasteiger partial charge in [0.1, 0.15) is 17.7 Å². The third kappa shape index (κ3) is 4.49. The minimum atomic E-state index is -0.850. The van der Waals surface area contributed by atoms with E-state index in [2.05, 4.69) is 40.9 Å². The van der Waals surface area contributed by atoms with Crippen molar-refractivity contribution in [2.45, 2.75) is 31.2 Å². The first-order valence-electron chi connectivity index (χ1n) is 11.3. The molecule has 176 valence electrons. The van der Waals surface area contributed by atoms with E-state index in [0.29, 0.717) is 36.4 Å². The molecule has 0 radical (unpaired) electrons. The number of nitrogens with zero attached hydrogens (tertiary/aromatic N) is 6. The molecule has 1 saturated heterocycles. The number of hydrogen-bond acceptors (Lipinski definition) is 8. The van der Waals surface area contributed by atoms with Gasteiger partial charge in [0, 0.05) is 32.0 Å². The van der Waals surface area contributed by atoms with Crippen molar-refractivity contribution >= 4 is 23.3 Å². The number of aromatic nitrogens is 2. The van der Waals surface area contributed by atoms with Gasteiger partial charge in [-0.1, -0.05) is 16.7 Å². The summed E-state index contributed by atoms with van der Waals surface area (Å²) in [5, 5.41) is 17.6. The van der Waals surface area contributed by atoms with Gasteiger partial charge in [-0.2, -0.15) is 0 Å². The first kappa shape index (κ1) is 22.0. The average molecular weight is 467 g/mol. The summed E-state index contributed by atoms with van der Waals surface area (Å²) in [7, 11) is 0. The fraction of sp³-hybridized carbons (Fsp3) is 0.409. The largest absolute Gasteiger partial charge is 0.371 e. The third-order valence-corrected chi connectivity index (χ3v) is 6.47. The van der Waals surface area contributed by atoms with Crippen LogP contribution in [0.15, 0.2) is 52.4 Å². The number of amidine groups is 1. The van der Waals surface area contributed by atoms with Crippen LogP contribution < -0.4 is 21.1 Å². The van der Waals surface area contributed by atoms with Crippen LogP contribution in [0, 0.1) is 11.7 Å². The van der Waals surface area contributed by atoms with Gasteiger partial charge in [-0.15, -0.1) is 0 Å². The molecule has 1 aliphatic carbocycles. The molecule has 2 aliphatic heterocycles. The quantitative estimate of drug-likeness (QED) is 0.510.